The molecule has 0 bridgehead atoms. The zero-order chi connectivity index (χ0) is 17.8. The molecule has 4 rings (SSSR count). The summed E-state index contributed by atoms with van der Waals surface area (Å²) in [7, 11) is 0. The van der Waals surface area contributed by atoms with E-state index >= 15 is 0 Å². The average Bonchev–Trinajstić information content (AvgIpc) is 3.04. The van der Waals surface area contributed by atoms with Crippen LogP contribution in [0.5, 0.6) is 0 Å². The van der Waals surface area contributed by atoms with E-state index in [-0.39, 0.29) is 11.3 Å². The molecule has 0 spiro atoms. The zero-order valence-corrected chi connectivity index (χ0v) is 15.7. The van der Waals surface area contributed by atoms with Gasteiger partial charge < -0.3 is 5.32 Å². The number of aryl methyl sites for hydroxylation is 1. The molecule has 0 radical (unpaired) electrons. The lowest BCUT2D eigenvalue weighted by atomic mass is 9.64. The highest BCUT2D eigenvalue weighted by Crippen LogP contribution is 2.43. The number of nitrogens with one attached hydrogen (secondary N) is 1. The van der Waals surface area contributed by atoms with Crippen LogP contribution in [-0.2, 0) is 16.6 Å². The molecular formula is C22H24N2OS. The summed E-state index contributed by atoms with van der Waals surface area (Å²) in [6.07, 6.45) is 5.88. The standard InChI is InChI=1S/C22H24N2OS/c25-20(12-6-13-21-24-18-10-4-5-11-19(18)26-21)23-16-22(14-7-15-22)17-8-2-1-3-9-17/h1-5,8-11H,6-7,12-16H2,(H,23,25). The van der Waals surface area contributed by atoms with Gasteiger partial charge in [0.15, 0.2) is 0 Å². The van der Waals surface area contributed by atoms with Crippen molar-refractivity contribution in [3.05, 3.63) is 65.2 Å². The first-order valence-corrected chi connectivity index (χ1v) is 10.2. The number of para-hydroxylation sites is 1. The third-order valence-corrected chi connectivity index (χ3v) is 6.55. The first kappa shape index (κ1) is 17.2. The fraction of sp³-hybridized carbons (Fsp3) is 0.364. The van der Waals surface area contributed by atoms with E-state index in [0.717, 1.165) is 29.9 Å². The molecule has 3 aromatic rings. The van der Waals surface area contributed by atoms with Crippen LogP contribution in [0.3, 0.4) is 0 Å². The molecule has 1 amide bonds. The maximum absolute atomic E-state index is 12.3. The summed E-state index contributed by atoms with van der Waals surface area (Å²) in [4.78, 5) is 16.9. The molecule has 1 saturated carbocycles. The van der Waals surface area contributed by atoms with Crippen LogP contribution in [0.25, 0.3) is 10.2 Å². The van der Waals surface area contributed by atoms with Crippen LogP contribution in [0.1, 0.15) is 42.7 Å². The minimum atomic E-state index is 0.157. The molecule has 1 aliphatic rings. The van der Waals surface area contributed by atoms with Crippen molar-refractivity contribution in [3.8, 4) is 0 Å². The molecule has 1 aliphatic carbocycles. The van der Waals surface area contributed by atoms with Gasteiger partial charge in [-0.2, -0.15) is 0 Å². The van der Waals surface area contributed by atoms with Crippen molar-refractivity contribution in [3.63, 3.8) is 0 Å². The number of carbonyl (C=O) groups is 1. The summed E-state index contributed by atoms with van der Waals surface area (Å²) in [5.74, 6) is 0.160. The molecule has 0 aliphatic heterocycles. The summed E-state index contributed by atoms with van der Waals surface area (Å²) in [6.45, 7) is 0.761. The molecule has 3 nitrogen and oxygen atoms in total. The number of benzene rings is 2. The molecule has 0 saturated heterocycles. The fourth-order valence-electron chi connectivity index (χ4n) is 3.75. The van der Waals surface area contributed by atoms with Gasteiger partial charge in [0.2, 0.25) is 5.91 Å². The van der Waals surface area contributed by atoms with Gasteiger partial charge in [0, 0.05) is 18.4 Å². The predicted octanol–water partition coefficient (Wildman–Crippen LogP) is 4.86. The molecular weight excluding hydrogens is 340 g/mol. The Balaban J connectivity index is 1.26. The highest BCUT2D eigenvalue weighted by atomic mass is 32.1. The minimum Gasteiger partial charge on any atom is -0.355 e. The fourth-order valence-corrected chi connectivity index (χ4v) is 4.76. The largest absolute Gasteiger partial charge is 0.355 e. The second kappa shape index (κ2) is 7.58. The van der Waals surface area contributed by atoms with Gasteiger partial charge in [0.1, 0.15) is 0 Å². The number of hydrogen-bond acceptors (Lipinski definition) is 3. The monoisotopic (exact) mass is 364 g/mol. The van der Waals surface area contributed by atoms with Crippen LogP contribution in [0.2, 0.25) is 0 Å². The Morgan fingerprint density at radius 3 is 2.58 bits per heavy atom. The lowest BCUT2D eigenvalue weighted by molar-refractivity contribution is -0.121. The third-order valence-electron chi connectivity index (χ3n) is 5.45. The van der Waals surface area contributed by atoms with Gasteiger partial charge in [0.05, 0.1) is 15.2 Å². The summed E-state index contributed by atoms with van der Waals surface area (Å²) in [5, 5.41) is 4.30. The Bertz CT molecular complexity index is 850. The smallest absolute Gasteiger partial charge is 0.220 e. The molecule has 2 aromatic carbocycles. The number of fused-ring (bicyclic) bond motifs is 1. The van der Waals surface area contributed by atoms with Crippen LogP contribution in [0, 0.1) is 0 Å². The van der Waals surface area contributed by atoms with Gasteiger partial charge in [-0.3, -0.25) is 4.79 Å². The van der Waals surface area contributed by atoms with E-state index in [1.807, 2.05) is 18.2 Å². The van der Waals surface area contributed by atoms with Gasteiger partial charge in [-0.15, -0.1) is 11.3 Å². The second-order valence-corrected chi connectivity index (χ2v) is 8.32. The molecule has 0 atom stereocenters. The van der Waals surface area contributed by atoms with Gasteiger partial charge in [-0.1, -0.05) is 48.9 Å². The molecule has 26 heavy (non-hydrogen) atoms. The summed E-state index contributed by atoms with van der Waals surface area (Å²) in [5.41, 5.74) is 2.58. The Hall–Kier alpha value is -2.20. The number of rotatable bonds is 7. The SMILES string of the molecule is O=C(CCCc1nc2ccccc2s1)NCC1(c2ccccc2)CCC1. The van der Waals surface area contributed by atoms with Crippen LogP contribution >= 0.6 is 11.3 Å². The third kappa shape index (κ3) is 3.65. The number of carbonyl (C=O) groups excluding carboxylic acids is 1. The average molecular weight is 365 g/mol. The zero-order valence-electron chi connectivity index (χ0n) is 14.9. The van der Waals surface area contributed by atoms with E-state index in [4.69, 9.17) is 0 Å². The van der Waals surface area contributed by atoms with Crippen LogP contribution in [0.15, 0.2) is 54.6 Å². The van der Waals surface area contributed by atoms with Crippen LogP contribution in [-0.4, -0.2) is 17.4 Å². The summed E-state index contributed by atoms with van der Waals surface area (Å²) in [6, 6.07) is 18.8. The quantitative estimate of drug-likeness (QED) is 0.651. The first-order chi connectivity index (χ1) is 12.8. The first-order valence-electron chi connectivity index (χ1n) is 9.42. The van der Waals surface area contributed by atoms with E-state index in [1.165, 1.54) is 29.5 Å². The van der Waals surface area contributed by atoms with E-state index in [9.17, 15) is 4.79 Å². The maximum Gasteiger partial charge on any atom is 0.220 e. The van der Waals surface area contributed by atoms with Crippen LogP contribution < -0.4 is 5.32 Å². The van der Waals surface area contributed by atoms with Crippen molar-refractivity contribution in [2.75, 3.05) is 6.54 Å². The molecule has 1 fully saturated rings. The van der Waals surface area contributed by atoms with Crippen molar-refractivity contribution in [1.82, 2.24) is 10.3 Å². The van der Waals surface area contributed by atoms with E-state index in [1.54, 1.807) is 11.3 Å². The normalized spacial score (nSPS) is 15.5. The molecule has 0 unspecified atom stereocenters. The van der Waals surface area contributed by atoms with E-state index in [2.05, 4.69) is 46.7 Å². The molecule has 4 heteroatoms. The highest BCUT2D eigenvalue weighted by molar-refractivity contribution is 7.18. The van der Waals surface area contributed by atoms with Crippen molar-refractivity contribution in [1.29, 1.82) is 0 Å². The topological polar surface area (TPSA) is 42.0 Å². The lowest BCUT2D eigenvalue weighted by Gasteiger charge is -2.42. The van der Waals surface area contributed by atoms with E-state index in [0.29, 0.717) is 6.42 Å². The predicted molar refractivity (Wildman–Crippen MR) is 108 cm³/mol. The van der Waals surface area contributed by atoms with Gasteiger partial charge in [-0.25, -0.2) is 4.98 Å². The van der Waals surface area contributed by atoms with Crippen molar-refractivity contribution < 1.29 is 4.79 Å². The lowest BCUT2D eigenvalue weighted by Crippen LogP contribution is -2.45. The second-order valence-electron chi connectivity index (χ2n) is 7.21. The molecule has 134 valence electrons. The van der Waals surface area contributed by atoms with E-state index < -0.39 is 0 Å². The van der Waals surface area contributed by atoms with Gasteiger partial charge in [0.25, 0.3) is 0 Å². The molecule has 1 heterocycles. The summed E-state index contributed by atoms with van der Waals surface area (Å²) < 4.78 is 1.22. The Morgan fingerprint density at radius 2 is 1.85 bits per heavy atom. The Morgan fingerprint density at radius 1 is 1.08 bits per heavy atom. The Kier molecular flexibility index (Phi) is 5.02. The Labute approximate surface area is 158 Å². The molecule has 1 aromatic heterocycles. The van der Waals surface area contributed by atoms with Crippen molar-refractivity contribution >= 4 is 27.5 Å². The maximum atomic E-state index is 12.3. The highest BCUT2D eigenvalue weighted by Gasteiger charge is 2.38. The summed E-state index contributed by atoms with van der Waals surface area (Å²) >= 11 is 1.73. The van der Waals surface area contributed by atoms with Crippen LogP contribution in [0.4, 0.5) is 0 Å². The van der Waals surface area contributed by atoms with Crippen molar-refractivity contribution in [2.24, 2.45) is 0 Å². The number of nitrogens with zero attached hydrogens (tertiary/aromatic N) is 1. The molecule has 1 N–H and O–H groups in total. The minimum absolute atomic E-state index is 0.157. The van der Waals surface area contributed by atoms with Crippen molar-refractivity contribution in [2.45, 2.75) is 43.9 Å². The van der Waals surface area contributed by atoms with Gasteiger partial charge >= 0.3 is 0 Å². The number of hydrogen-bond donors (Lipinski definition) is 1. The number of thiazole rings is 1. The number of aromatic nitrogens is 1. The van der Waals surface area contributed by atoms with Gasteiger partial charge in [-0.05, 0) is 43.4 Å². The number of amides is 1.